The van der Waals surface area contributed by atoms with Gasteiger partial charge in [-0.1, -0.05) is 48.5 Å². The predicted octanol–water partition coefficient (Wildman–Crippen LogP) is 0.0566. The van der Waals surface area contributed by atoms with Crippen molar-refractivity contribution in [1.82, 2.24) is 29.5 Å². The van der Waals surface area contributed by atoms with Gasteiger partial charge in [0.2, 0.25) is 11.8 Å². The summed E-state index contributed by atoms with van der Waals surface area (Å²) in [7, 11) is 0. The Labute approximate surface area is 374 Å². The average molecular weight is 821 g/mol. The molecule has 0 saturated carbocycles. The maximum atomic E-state index is 12.5. The van der Waals surface area contributed by atoms with Gasteiger partial charge in [-0.25, -0.2) is 9.97 Å². The molecule has 2 aromatic carbocycles. The summed E-state index contributed by atoms with van der Waals surface area (Å²) in [5.41, 5.74) is 1.99. The summed E-state index contributed by atoms with van der Waals surface area (Å²) < 4.78 is 23.6. The van der Waals surface area contributed by atoms with Gasteiger partial charge in [0.05, 0.1) is 34.4 Å². The molecule has 4 aromatic heterocycles. The number of aromatic hydroxyl groups is 1. The van der Waals surface area contributed by atoms with Crippen molar-refractivity contribution in [2.75, 3.05) is 0 Å². The fraction of sp³-hybridized carbons (Fsp3) is 0.0645. The van der Waals surface area contributed by atoms with Crippen LogP contribution < -0.4 is 113 Å². The van der Waals surface area contributed by atoms with E-state index in [1.807, 2.05) is 65.6 Å². The molecule has 0 atom stereocenters. The third-order valence-electron chi connectivity index (χ3n) is 5.24. The Morgan fingerprint density at radius 2 is 1.26 bits per heavy atom. The monoisotopic (exact) mass is 818 g/mol. The molecular formula is C31H27Br2FK2N6O5. The van der Waals surface area contributed by atoms with E-state index < -0.39 is 5.95 Å². The number of benzene rings is 2. The van der Waals surface area contributed by atoms with Crippen LogP contribution in [0.1, 0.15) is 12.6 Å². The number of halogens is 3. The largest absolute Gasteiger partial charge is 1.00 e. The van der Waals surface area contributed by atoms with Crippen LogP contribution in [0.5, 0.6) is 17.4 Å². The Morgan fingerprint density at radius 1 is 0.766 bits per heavy atom. The number of para-hydroxylation sites is 2. The van der Waals surface area contributed by atoms with Gasteiger partial charge in [-0.05, 0) is 73.3 Å². The van der Waals surface area contributed by atoms with Gasteiger partial charge < -0.3 is 21.4 Å². The van der Waals surface area contributed by atoms with E-state index >= 15 is 0 Å². The molecule has 0 saturated heterocycles. The molecule has 16 heteroatoms. The zero-order valence-electron chi connectivity index (χ0n) is 26.4. The van der Waals surface area contributed by atoms with E-state index in [-0.39, 0.29) is 111 Å². The van der Waals surface area contributed by atoms with Crippen molar-refractivity contribution < 1.29 is 133 Å². The van der Waals surface area contributed by atoms with Crippen molar-refractivity contribution in [3.05, 3.63) is 148 Å². The molecule has 11 nitrogen and oxygen atoms in total. The number of ether oxygens (including phenoxy) is 1. The van der Waals surface area contributed by atoms with Gasteiger partial charge in [0.1, 0.15) is 11.5 Å². The summed E-state index contributed by atoms with van der Waals surface area (Å²) in [5, 5.41) is 25.4. The Balaban J connectivity index is 0.000000689. The number of phenolic OH excluding ortho intramolecular Hbond substituents is 1. The van der Waals surface area contributed by atoms with Crippen molar-refractivity contribution in [1.29, 1.82) is 0 Å². The summed E-state index contributed by atoms with van der Waals surface area (Å²) in [6.07, 6.45) is 10.5. The second-order valence-corrected chi connectivity index (χ2v) is 10.5. The molecular weight excluding hydrogens is 793 g/mol. The molecule has 4 heterocycles. The Morgan fingerprint density at radius 3 is 1.62 bits per heavy atom. The third-order valence-corrected chi connectivity index (χ3v) is 6.06. The minimum absolute atomic E-state index is 0. The van der Waals surface area contributed by atoms with Gasteiger partial charge in [-0.2, -0.15) is 14.6 Å². The zero-order valence-corrected chi connectivity index (χ0v) is 34.9. The molecule has 47 heavy (non-hydrogen) atoms. The number of pyridine rings is 2. The van der Waals surface area contributed by atoms with E-state index in [0.29, 0.717) is 24.7 Å². The number of aromatic nitrogens is 6. The quantitative estimate of drug-likeness (QED) is 0.0779. The summed E-state index contributed by atoms with van der Waals surface area (Å²) >= 11 is 6.67. The number of rotatable bonds is 7. The first-order valence-corrected chi connectivity index (χ1v) is 14.5. The van der Waals surface area contributed by atoms with Crippen molar-refractivity contribution in [2.24, 2.45) is 0 Å². The number of carbonyl (C=O) groups excluding carboxylic acids is 1. The van der Waals surface area contributed by atoms with E-state index in [1.165, 1.54) is 12.3 Å². The summed E-state index contributed by atoms with van der Waals surface area (Å²) in [6.45, 7) is 1.10. The molecule has 0 radical (unpaired) electrons. The normalized spacial score (nSPS) is 9.28. The van der Waals surface area contributed by atoms with Gasteiger partial charge in [0.15, 0.2) is 0 Å². The number of carbonyl (C=O) groups is 1. The minimum Gasteiger partial charge on any atom is -1.00 e. The molecule has 0 unspecified atom stereocenters. The minimum atomic E-state index is -0.463. The molecule has 234 valence electrons. The van der Waals surface area contributed by atoms with Crippen molar-refractivity contribution in [2.45, 2.75) is 13.1 Å². The molecule has 0 spiro atoms. The van der Waals surface area contributed by atoms with E-state index in [1.54, 1.807) is 53.6 Å². The molecule has 6 aromatic rings. The van der Waals surface area contributed by atoms with Crippen molar-refractivity contribution in [3.8, 4) is 17.4 Å². The summed E-state index contributed by atoms with van der Waals surface area (Å²) in [4.78, 5) is 19.1. The second-order valence-electron chi connectivity index (χ2n) is 8.65. The number of hydrogen-bond acceptors (Lipinski definition) is 9. The molecule has 0 aliphatic rings. The van der Waals surface area contributed by atoms with Crippen LogP contribution in [0.2, 0.25) is 0 Å². The zero-order chi connectivity index (χ0) is 32.3. The van der Waals surface area contributed by atoms with Crippen LogP contribution in [0, 0.1) is 5.95 Å². The standard InChI is InChI=1S/C15H12BrN3O.C9H7BrFN3.C6H6O.CH2O3.2K.H/c16-13-9-18-19(11-13)10-12-6-7-15(17-8-12)20-14-4-2-1-3-5-14;10-8-4-13-14(6-8)5-7-1-2-9(11)12-3-7;7-6-4-2-1-3-5-6;2-1-4-3;;;/h1-9,11H,10H2;1-4,6H,5H2;1-5,7H;1,3H;;;/q;;;;2*+1;-1/p-1. The Hall–Kier alpha value is -1.65. The van der Waals surface area contributed by atoms with E-state index in [9.17, 15) is 4.39 Å². The van der Waals surface area contributed by atoms with Gasteiger partial charge in [-0.15, -0.1) is 0 Å². The fourth-order valence-electron chi connectivity index (χ4n) is 3.33. The van der Waals surface area contributed by atoms with Crippen LogP contribution in [0.4, 0.5) is 4.39 Å². The van der Waals surface area contributed by atoms with Gasteiger partial charge in [-0.3, -0.25) is 14.2 Å². The molecule has 0 aliphatic heterocycles. The molecule has 0 bridgehead atoms. The van der Waals surface area contributed by atoms with E-state index in [0.717, 1.165) is 25.8 Å². The van der Waals surface area contributed by atoms with Crippen LogP contribution >= 0.6 is 31.9 Å². The number of hydrogen-bond donors (Lipinski definition) is 1. The van der Waals surface area contributed by atoms with Crippen LogP contribution in [0.25, 0.3) is 0 Å². The first-order chi connectivity index (χ1) is 21.8. The van der Waals surface area contributed by atoms with E-state index in [4.69, 9.17) is 19.9 Å². The smallest absolute Gasteiger partial charge is 1.00 e. The van der Waals surface area contributed by atoms with Crippen LogP contribution in [-0.4, -0.2) is 41.1 Å². The van der Waals surface area contributed by atoms with Gasteiger partial charge >= 0.3 is 103 Å². The first-order valence-electron chi connectivity index (χ1n) is 12.9. The van der Waals surface area contributed by atoms with Gasteiger partial charge in [0.25, 0.3) is 6.47 Å². The number of nitrogens with zero attached hydrogens (tertiary/aromatic N) is 6. The third kappa shape index (κ3) is 18.6. The Kier molecular flexibility index (Phi) is 23.4. The summed E-state index contributed by atoms with van der Waals surface area (Å²) in [6, 6.07) is 25.2. The van der Waals surface area contributed by atoms with E-state index in [2.05, 4.69) is 56.9 Å². The second kappa shape index (κ2) is 25.3. The maximum absolute atomic E-state index is 12.5. The summed E-state index contributed by atoms with van der Waals surface area (Å²) in [5.74, 6) is 1.23. The molecule has 0 amide bonds. The number of phenols is 1. The van der Waals surface area contributed by atoms with Crippen molar-refractivity contribution >= 4 is 38.3 Å². The Bertz CT molecular complexity index is 1690. The molecule has 0 fully saturated rings. The van der Waals surface area contributed by atoms with Crippen molar-refractivity contribution in [3.63, 3.8) is 0 Å². The average Bonchev–Trinajstić information content (AvgIpc) is 3.67. The molecule has 1 N–H and O–H groups in total. The molecule has 0 aliphatic carbocycles. The first kappa shape index (κ1) is 43.4. The molecule has 6 rings (SSSR count). The predicted molar refractivity (Wildman–Crippen MR) is 169 cm³/mol. The van der Waals surface area contributed by atoms with Crippen LogP contribution in [-0.2, 0) is 22.8 Å². The topological polar surface area (TPSA) is 140 Å². The fourth-order valence-corrected chi connectivity index (χ4v) is 3.98. The van der Waals surface area contributed by atoms with Crippen LogP contribution in [0.3, 0.4) is 0 Å². The van der Waals surface area contributed by atoms with Crippen LogP contribution in [0.15, 0.2) is 131 Å². The SMILES string of the molecule is Brc1cnn(Cc2ccc(Oc3ccccc3)nc2)c1.Fc1ccc(Cn2cc(Br)cn2)cn1.O=CO[O-].Oc1ccccc1.[H-].[K+].[K+]. The van der Waals surface area contributed by atoms with Gasteiger partial charge in [0, 0.05) is 30.9 Å². The maximum Gasteiger partial charge on any atom is 1.00 e.